The average Bonchev–Trinajstić information content (AvgIpc) is 2.76. The van der Waals surface area contributed by atoms with E-state index in [-0.39, 0.29) is 23.8 Å². The first-order chi connectivity index (χ1) is 10.5. The van der Waals surface area contributed by atoms with E-state index in [0.29, 0.717) is 32.5 Å². The summed E-state index contributed by atoms with van der Waals surface area (Å²) in [5, 5.41) is 10.7. The first-order valence-electron chi connectivity index (χ1n) is 7.59. The lowest BCUT2D eigenvalue weighted by molar-refractivity contribution is -0.131. The van der Waals surface area contributed by atoms with Gasteiger partial charge in [0.25, 0.3) is 0 Å². The third kappa shape index (κ3) is 4.27. The Morgan fingerprint density at radius 1 is 1.41 bits per heavy atom. The molecule has 8 heteroatoms. The minimum atomic E-state index is -0.197. The van der Waals surface area contributed by atoms with Crippen LogP contribution in [0.25, 0.3) is 0 Å². The molecule has 2 amide bonds. The molecule has 0 radical (unpaired) electrons. The Bertz CT molecular complexity index is 529. The lowest BCUT2D eigenvalue weighted by Gasteiger charge is -2.23. The van der Waals surface area contributed by atoms with Crippen LogP contribution in [0.2, 0.25) is 0 Å². The zero-order valence-corrected chi connectivity index (χ0v) is 13.2. The van der Waals surface area contributed by atoms with E-state index in [1.54, 1.807) is 11.2 Å². The average molecular weight is 308 g/mol. The van der Waals surface area contributed by atoms with Crippen LogP contribution in [-0.4, -0.2) is 57.2 Å². The van der Waals surface area contributed by atoms with Crippen LogP contribution in [0, 0.1) is 5.92 Å². The second-order valence-electron chi connectivity index (χ2n) is 5.86. The van der Waals surface area contributed by atoms with E-state index in [4.69, 9.17) is 5.73 Å². The highest BCUT2D eigenvalue weighted by Gasteiger charge is 2.28. The summed E-state index contributed by atoms with van der Waals surface area (Å²) in [5.74, 6) is 0.572. The van der Waals surface area contributed by atoms with Gasteiger partial charge in [-0.05, 0) is 12.8 Å². The molecule has 0 spiro atoms. The standard InChI is InChI=1S/C14H24N6O2/c1-10(21)20-7-11(3-4-12(15)8-20)14(22)16-6-5-13-18-17-9-19(13)2/h9,11-12H,3-8,15H2,1-2H3,(H,16,22)/t11-,12+/m1/s1. The number of nitrogens with one attached hydrogen (secondary N) is 1. The highest BCUT2D eigenvalue weighted by atomic mass is 16.2. The summed E-state index contributed by atoms with van der Waals surface area (Å²) in [6.45, 7) is 2.99. The van der Waals surface area contributed by atoms with Crippen molar-refractivity contribution in [3.63, 3.8) is 0 Å². The fourth-order valence-electron chi connectivity index (χ4n) is 2.67. The van der Waals surface area contributed by atoms with Gasteiger partial charge in [0.1, 0.15) is 12.2 Å². The highest BCUT2D eigenvalue weighted by molar-refractivity contribution is 5.80. The minimum Gasteiger partial charge on any atom is -0.355 e. The number of carbonyl (C=O) groups is 2. The van der Waals surface area contributed by atoms with E-state index >= 15 is 0 Å². The Kier molecular flexibility index (Phi) is 5.48. The van der Waals surface area contributed by atoms with Gasteiger partial charge in [0.05, 0.1) is 5.92 Å². The van der Waals surface area contributed by atoms with Crippen LogP contribution >= 0.6 is 0 Å². The number of hydrogen-bond acceptors (Lipinski definition) is 5. The molecule has 1 saturated heterocycles. The summed E-state index contributed by atoms with van der Waals surface area (Å²) in [4.78, 5) is 25.6. The van der Waals surface area contributed by atoms with Gasteiger partial charge in [-0.1, -0.05) is 0 Å². The molecule has 0 aliphatic carbocycles. The van der Waals surface area contributed by atoms with Crippen molar-refractivity contribution in [2.75, 3.05) is 19.6 Å². The zero-order valence-electron chi connectivity index (χ0n) is 13.2. The normalized spacial score (nSPS) is 22.2. The number of nitrogens with two attached hydrogens (primary N) is 1. The predicted octanol–water partition coefficient (Wildman–Crippen LogP) is -0.940. The first kappa shape index (κ1) is 16.4. The molecule has 2 atom stereocenters. The van der Waals surface area contributed by atoms with Crippen LogP contribution in [-0.2, 0) is 23.1 Å². The van der Waals surface area contributed by atoms with E-state index in [2.05, 4.69) is 15.5 Å². The molecular formula is C14H24N6O2. The van der Waals surface area contributed by atoms with Crippen molar-refractivity contribution in [2.24, 2.45) is 18.7 Å². The maximum absolute atomic E-state index is 12.3. The van der Waals surface area contributed by atoms with E-state index in [1.807, 2.05) is 11.6 Å². The molecule has 1 fully saturated rings. The van der Waals surface area contributed by atoms with Crippen molar-refractivity contribution >= 4 is 11.8 Å². The highest BCUT2D eigenvalue weighted by Crippen LogP contribution is 2.16. The fourth-order valence-corrected chi connectivity index (χ4v) is 2.67. The molecule has 8 nitrogen and oxygen atoms in total. The predicted molar refractivity (Wildman–Crippen MR) is 80.7 cm³/mol. The number of rotatable bonds is 4. The number of hydrogen-bond donors (Lipinski definition) is 2. The van der Waals surface area contributed by atoms with Crippen molar-refractivity contribution in [2.45, 2.75) is 32.2 Å². The van der Waals surface area contributed by atoms with Crippen molar-refractivity contribution in [3.05, 3.63) is 12.2 Å². The molecule has 1 aromatic heterocycles. The smallest absolute Gasteiger partial charge is 0.224 e. The Balaban J connectivity index is 1.85. The first-order valence-corrected chi connectivity index (χ1v) is 7.59. The van der Waals surface area contributed by atoms with Gasteiger partial charge in [0.15, 0.2) is 0 Å². The molecule has 22 heavy (non-hydrogen) atoms. The molecule has 2 rings (SSSR count). The van der Waals surface area contributed by atoms with Gasteiger partial charge in [-0.25, -0.2) is 0 Å². The van der Waals surface area contributed by atoms with Crippen molar-refractivity contribution in [1.29, 1.82) is 0 Å². The van der Waals surface area contributed by atoms with E-state index in [9.17, 15) is 9.59 Å². The summed E-state index contributed by atoms with van der Waals surface area (Å²) in [6.07, 6.45) is 3.73. The lowest BCUT2D eigenvalue weighted by Crippen LogP contribution is -2.42. The molecule has 1 aromatic rings. The molecule has 0 bridgehead atoms. The van der Waals surface area contributed by atoms with Crippen LogP contribution in [0.4, 0.5) is 0 Å². The van der Waals surface area contributed by atoms with Gasteiger partial charge < -0.3 is 20.5 Å². The monoisotopic (exact) mass is 308 g/mol. The third-order valence-electron chi connectivity index (χ3n) is 4.05. The van der Waals surface area contributed by atoms with E-state index < -0.39 is 0 Å². The molecule has 0 saturated carbocycles. The van der Waals surface area contributed by atoms with E-state index in [1.165, 1.54) is 6.92 Å². The maximum atomic E-state index is 12.3. The summed E-state index contributed by atoms with van der Waals surface area (Å²) < 4.78 is 1.83. The quantitative estimate of drug-likeness (QED) is 0.746. The molecule has 1 aliphatic rings. The SMILES string of the molecule is CC(=O)N1C[C@@H](N)CC[C@@H](C(=O)NCCc2nncn2C)C1. The third-order valence-corrected chi connectivity index (χ3v) is 4.05. The Labute approximate surface area is 130 Å². The summed E-state index contributed by atoms with van der Waals surface area (Å²) in [6, 6.07) is -0.0552. The Morgan fingerprint density at radius 2 is 2.18 bits per heavy atom. The van der Waals surface area contributed by atoms with Gasteiger partial charge >= 0.3 is 0 Å². The molecule has 3 N–H and O–H groups in total. The summed E-state index contributed by atoms with van der Waals surface area (Å²) in [5.41, 5.74) is 5.96. The largest absolute Gasteiger partial charge is 0.355 e. The molecule has 122 valence electrons. The number of aromatic nitrogens is 3. The maximum Gasteiger partial charge on any atom is 0.224 e. The van der Waals surface area contributed by atoms with Crippen LogP contribution in [0.3, 0.4) is 0 Å². The molecule has 1 aliphatic heterocycles. The minimum absolute atomic E-state index is 0.0254. The topological polar surface area (TPSA) is 106 Å². The van der Waals surface area contributed by atoms with Crippen LogP contribution < -0.4 is 11.1 Å². The lowest BCUT2D eigenvalue weighted by atomic mass is 10.0. The van der Waals surface area contributed by atoms with Crippen LogP contribution in [0.5, 0.6) is 0 Å². The number of aryl methyl sites for hydroxylation is 1. The molecule has 0 unspecified atom stereocenters. The molecule has 2 heterocycles. The second kappa shape index (κ2) is 7.35. The fraction of sp³-hybridized carbons (Fsp3) is 0.714. The van der Waals surface area contributed by atoms with Crippen LogP contribution in [0.15, 0.2) is 6.33 Å². The molecule has 0 aromatic carbocycles. The van der Waals surface area contributed by atoms with Crippen LogP contribution in [0.1, 0.15) is 25.6 Å². The Morgan fingerprint density at radius 3 is 2.82 bits per heavy atom. The Hall–Kier alpha value is -1.96. The van der Waals surface area contributed by atoms with Gasteiger partial charge in [-0.2, -0.15) is 0 Å². The number of amides is 2. The van der Waals surface area contributed by atoms with Crippen molar-refractivity contribution in [1.82, 2.24) is 25.0 Å². The number of nitrogens with zero attached hydrogens (tertiary/aromatic N) is 4. The van der Waals surface area contributed by atoms with E-state index in [0.717, 1.165) is 12.2 Å². The van der Waals surface area contributed by atoms with Crippen molar-refractivity contribution in [3.8, 4) is 0 Å². The second-order valence-corrected chi connectivity index (χ2v) is 5.86. The summed E-state index contributed by atoms with van der Waals surface area (Å²) >= 11 is 0. The summed E-state index contributed by atoms with van der Waals surface area (Å²) in [7, 11) is 1.87. The van der Waals surface area contributed by atoms with Gasteiger partial charge in [-0.3, -0.25) is 9.59 Å². The van der Waals surface area contributed by atoms with Gasteiger partial charge in [0, 0.05) is 46.1 Å². The van der Waals surface area contributed by atoms with Gasteiger partial charge in [0.2, 0.25) is 11.8 Å². The van der Waals surface area contributed by atoms with Gasteiger partial charge in [-0.15, -0.1) is 10.2 Å². The molecular weight excluding hydrogens is 284 g/mol. The van der Waals surface area contributed by atoms with Crippen molar-refractivity contribution < 1.29 is 9.59 Å². The number of likely N-dealkylation sites (tertiary alicyclic amines) is 1. The number of carbonyl (C=O) groups excluding carboxylic acids is 2. The zero-order chi connectivity index (χ0) is 16.1.